The molecule has 2 N–H and O–H groups in total. The molecule has 2 rings (SSSR count). The molecule has 0 aromatic heterocycles. The fraction of sp³-hybridized carbons (Fsp3) is 0.294. The minimum atomic E-state index is 0.469. The highest BCUT2D eigenvalue weighted by Crippen LogP contribution is 2.29. The van der Waals surface area contributed by atoms with Crippen LogP contribution in [0.15, 0.2) is 48.5 Å². The molecule has 2 nitrogen and oxygen atoms in total. The van der Waals surface area contributed by atoms with E-state index in [-0.39, 0.29) is 0 Å². The topological polar surface area (TPSA) is 24.1 Å². The maximum atomic E-state index is 3.16. The Morgan fingerprint density at radius 3 is 1.37 bits per heavy atom. The summed E-state index contributed by atoms with van der Waals surface area (Å²) in [6, 6.07) is 17.4. The second-order valence-electron chi connectivity index (χ2n) is 4.70. The lowest BCUT2D eigenvalue weighted by atomic mass is 9.89. The van der Waals surface area contributed by atoms with Crippen LogP contribution in [0.3, 0.4) is 0 Å². The van der Waals surface area contributed by atoms with Crippen molar-refractivity contribution in [3.63, 3.8) is 0 Å². The Kier molecular flexibility index (Phi) is 4.45. The lowest BCUT2D eigenvalue weighted by Gasteiger charge is -2.17. The molecule has 2 aromatic rings. The van der Waals surface area contributed by atoms with E-state index >= 15 is 0 Å². The summed E-state index contributed by atoms with van der Waals surface area (Å²) in [5, 5.41) is 6.32. The van der Waals surface area contributed by atoms with Gasteiger partial charge in [-0.25, -0.2) is 0 Å². The summed E-state index contributed by atoms with van der Waals surface area (Å²) < 4.78 is 0. The predicted octanol–water partition coefficient (Wildman–Crippen LogP) is 4.31. The molecule has 19 heavy (non-hydrogen) atoms. The summed E-state index contributed by atoms with van der Waals surface area (Å²) in [5.41, 5.74) is 5.06. The van der Waals surface area contributed by atoms with Gasteiger partial charge in [-0.2, -0.15) is 0 Å². The van der Waals surface area contributed by atoms with Crippen LogP contribution < -0.4 is 10.6 Å². The van der Waals surface area contributed by atoms with Crippen LogP contribution in [0, 0.1) is 0 Å². The predicted molar refractivity (Wildman–Crippen MR) is 84.1 cm³/mol. The first-order valence-corrected chi connectivity index (χ1v) is 6.84. The van der Waals surface area contributed by atoms with E-state index in [2.05, 4.69) is 66.1 Å². The maximum absolute atomic E-state index is 3.16. The molecule has 0 heterocycles. The number of rotatable bonds is 5. The minimum Gasteiger partial charge on any atom is -0.388 e. The van der Waals surface area contributed by atoms with Gasteiger partial charge in [0.2, 0.25) is 0 Å². The van der Waals surface area contributed by atoms with Crippen molar-refractivity contribution in [2.75, 3.05) is 24.7 Å². The van der Waals surface area contributed by atoms with Gasteiger partial charge in [0, 0.05) is 31.4 Å². The van der Waals surface area contributed by atoms with Crippen molar-refractivity contribution < 1.29 is 0 Å². The van der Waals surface area contributed by atoms with Crippen LogP contribution in [0.4, 0.5) is 11.4 Å². The zero-order valence-corrected chi connectivity index (χ0v) is 11.9. The first-order valence-electron chi connectivity index (χ1n) is 6.84. The Balaban J connectivity index is 2.26. The molecule has 100 valence electrons. The average molecular weight is 254 g/mol. The van der Waals surface area contributed by atoms with Crippen molar-refractivity contribution in [1.82, 2.24) is 0 Å². The number of anilines is 2. The fourth-order valence-corrected chi connectivity index (χ4v) is 2.43. The van der Waals surface area contributed by atoms with Crippen LogP contribution in [0.1, 0.15) is 30.4 Å². The summed E-state index contributed by atoms with van der Waals surface area (Å²) >= 11 is 0. The molecule has 0 aliphatic rings. The quantitative estimate of drug-likeness (QED) is 0.830. The van der Waals surface area contributed by atoms with Crippen molar-refractivity contribution in [3.05, 3.63) is 59.7 Å². The van der Waals surface area contributed by atoms with Gasteiger partial charge in [-0.15, -0.1) is 0 Å². The van der Waals surface area contributed by atoms with Gasteiger partial charge in [-0.05, 0) is 41.8 Å². The number of nitrogens with one attached hydrogen (secondary N) is 2. The zero-order valence-electron chi connectivity index (χ0n) is 11.9. The van der Waals surface area contributed by atoms with Gasteiger partial charge in [0.05, 0.1) is 0 Å². The van der Waals surface area contributed by atoms with Crippen molar-refractivity contribution in [1.29, 1.82) is 0 Å². The molecule has 0 radical (unpaired) electrons. The van der Waals surface area contributed by atoms with E-state index in [1.807, 2.05) is 14.1 Å². The van der Waals surface area contributed by atoms with Gasteiger partial charge in [0.15, 0.2) is 0 Å². The normalized spacial score (nSPS) is 10.5. The second-order valence-corrected chi connectivity index (χ2v) is 4.70. The minimum absolute atomic E-state index is 0.469. The second kappa shape index (κ2) is 6.28. The maximum Gasteiger partial charge on any atom is 0.0337 e. The monoisotopic (exact) mass is 254 g/mol. The van der Waals surface area contributed by atoms with Crippen LogP contribution in [-0.4, -0.2) is 14.1 Å². The lowest BCUT2D eigenvalue weighted by molar-refractivity contribution is 0.777. The van der Waals surface area contributed by atoms with Gasteiger partial charge < -0.3 is 10.6 Å². The highest BCUT2D eigenvalue weighted by molar-refractivity contribution is 5.48. The fourth-order valence-electron chi connectivity index (χ4n) is 2.43. The van der Waals surface area contributed by atoms with E-state index in [1.165, 1.54) is 11.1 Å². The molecular weight excluding hydrogens is 232 g/mol. The Bertz CT molecular complexity index is 452. The third kappa shape index (κ3) is 3.08. The summed E-state index contributed by atoms with van der Waals surface area (Å²) in [5.74, 6) is 0.469. The van der Waals surface area contributed by atoms with Crippen LogP contribution in [0.25, 0.3) is 0 Å². The Hall–Kier alpha value is -1.96. The van der Waals surface area contributed by atoms with E-state index < -0.39 is 0 Å². The van der Waals surface area contributed by atoms with Crippen molar-refractivity contribution >= 4 is 11.4 Å². The third-order valence-corrected chi connectivity index (χ3v) is 3.61. The zero-order chi connectivity index (χ0) is 13.7. The molecule has 2 aromatic carbocycles. The molecule has 0 saturated carbocycles. The molecule has 0 unspecified atom stereocenters. The number of hydrogen-bond acceptors (Lipinski definition) is 2. The molecule has 0 atom stereocenters. The Morgan fingerprint density at radius 2 is 1.11 bits per heavy atom. The van der Waals surface area contributed by atoms with E-state index in [0.29, 0.717) is 5.92 Å². The first kappa shape index (κ1) is 13.5. The van der Waals surface area contributed by atoms with Gasteiger partial charge >= 0.3 is 0 Å². The van der Waals surface area contributed by atoms with Crippen LogP contribution in [-0.2, 0) is 0 Å². The van der Waals surface area contributed by atoms with Gasteiger partial charge in [-0.1, -0.05) is 31.2 Å². The molecule has 2 heteroatoms. The van der Waals surface area contributed by atoms with Gasteiger partial charge in [-0.3, -0.25) is 0 Å². The van der Waals surface area contributed by atoms with E-state index in [0.717, 1.165) is 17.8 Å². The highest BCUT2D eigenvalue weighted by atomic mass is 14.8. The van der Waals surface area contributed by atoms with E-state index in [4.69, 9.17) is 0 Å². The average Bonchev–Trinajstić information content (AvgIpc) is 2.49. The number of hydrogen-bond donors (Lipinski definition) is 2. The standard InChI is InChI=1S/C17H22N2/c1-4-17(13-5-9-15(18-2)10-6-13)14-7-11-16(19-3)12-8-14/h5-12,17-19H,4H2,1-3H3. The van der Waals surface area contributed by atoms with Gasteiger partial charge in [0.1, 0.15) is 0 Å². The third-order valence-electron chi connectivity index (χ3n) is 3.61. The molecule has 0 aliphatic heterocycles. The summed E-state index contributed by atoms with van der Waals surface area (Å²) in [7, 11) is 3.89. The summed E-state index contributed by atoms with van der Waals surface area (Å²) in [4.78, 5) is 0. The van der Waals surface area contributed by atoms with Crippen molar-refractivity contribution in [2.45, 2.75) is 19.3 Å². The van der Waals surface area contributed by atoms with Crippen LogP contribution >= 0.6 is 0 Å². The Labute approximate surface area is 115 Å². The smallest absolute Gasteiger partial charge is 0.0337 e. The molecule has 0 fully saturated rings. The highest BCUT2D eigenvalue weighted by Gasteiger charge is 2.11. The Morgan fingerprint density at radius 1 is 0.737 bits per heavy atom. The first-order chi connectivity index (χ1) is 9.28. The van der Waals surface area contributed by atoms with Gasteiger partial charge in [0.25, 0.3) is 0 Å². The van der Waals surface area contributed by atoms with E-state index in [1.54, 1.807) is 0 Å². The molecular formula is C17H22N2. The molecule has 0 bridgehead atoms. The molecule has 0 aliphatic carbocycles. The number of benzene rings is 2. The van der Waals surface area contributed by atoms with Crippen LogP contribution in [0.5, 0.6) is 0 Å². The largest absolute Gasteiger partial charge is 0.388 e. The van der Waals surface area contributed by atoms with Crippen molar-refractivity contribution in [2.24, 2.45) is 0 Å². The summed E-state index contributed by atoms with van der Waals surface area (Å²) in [6.45, 7) is 2.24. The lowest BCUT2D eigenvalue weighted by Crippen LogP contribution is -2.00. The van der Waals surface area contributed by atoms with E-state index in [9.17, 15) is 0 Å². The SMILES string of the molecule is CCC(c1ccc(NC)cc1)c1ccc(NC)cc1. The molecule has 0 amide bonds. The van der Waals surface area contributed by atoms with Crippen LogP contribution in [0.2, 0.25) is 0 Å². The summed E-state index contributed by atoms with van der Waals surface area (Å²) in [6.07, 6.45) is 1.11. The van der Waals surface area contributed by atoms with Crippen molar-refractivity contribution in [3.8, 4) is 0 Å². The molecule has 0 saturated heterocycles. The molecule has 0 spiro atoms.